The highest BCUT2D eigenvalue weighted by Gasteiger charge is 1.98. The predicted octanol–water partition coefficient (Wildman–Crippen LogP) is 2.09. The number of ether oxygens (including phenoxy) is 2. The molecule has 0 amide bonds. The fourth-order valence-electron chi connectivity index (χ4n) is 1.06. The Morgan fingerprint density at radius 3 is 3.06 bits per heavy atom. The number of methoxy groups -OCH3 is 1. The number of nitrogens with one attached hydrogen (secondary N) is 1. The minimum atomic E-state index is 0.193. The largest absolute Gasteiger partial charge is 0.467 e. The molecule has 1 aromatic carbocycles. The molecule has 6 heteroatoms. The van der Waals surface area contributed by atoms with E-state index in [-0.39, 0.29) is 6.79 Å². The summed E-state index contributed by atoms with van der Waals surface area (Å²) in [6.45, 7) is 0.193. The van der Waals surface area contributed by atoms with Gasteiger partial charge in [-0.3, -0.25) is 5.32 Å². The van der Waals surface area contributed by atoms with Crippen LogP contribution < -0.4 is 10.1 Å². The first-order chi connectivity index (χ1) is 8.30. The van der Waals surface area contributed by atoms with Gasteiger partial charge in [-0.05, 0) is 18.4 Å². The average Bonchev–Trinajstić information content (AvgIpc) is 2.36. The first-order valence-corrected chi connectivity index (χ1v) is 6.02. The van der Waals surface area contributed by atoms with Crippen molar-refractivity contribution in [3.8, 4) is 11.9 Å². The lowest BCUT2D eigenvalue weighted by Gasteiger charge is -2.05. The molecule has 0 unspecified atom stereocenters. The molecule has 17 heavy (non-hydrogen) atoms. The molecule has 0 atom stereocenters. The summed E-state index contributed by atoms with van der Waals surface area (Å²) in [6.07, 6.45) is 3.68. The lowest BCUT2D eigenvalue weighted by Crippen LogP contribution is -2.12. The lowest BCUT2D eigenvalue weighted by atomic mass is 10.3. The van der Waals surface area contributed by atoms with Gasteiger partial charge in [0.15, 0.2) is 18.2 Å². The van der Waals surface area contributed by atoms with E-state index in [4.69, 9.17) is 14.7 Å². The maximum Gasteiger partial charge on any atom is 0.188 e. The fourth-order valence-corrected chi connectivity index (χ4v) is 1.40. The number of hydrogen-bond acceptors (Lipinski definition) is 5. The number of benzene rings is 1. The van der Waals surface area contributed by atoms with E-state index < -0.39 is 0 Å². The van der Waals surface area contributed by atoms with Crippen LogP contribution in [0.3, 0.4) is 0 Å². The van der Waals surface area contributed by atoms with Gasteiger partial charge < -0.3 is 9.47 Å². The molecular formula is C11H13N3O2S. The summed E-state index contributed by atoms with van der Waals surface area (Å²) in [7, 11) is 1.56. The molecular weight excluding hydrogens is 238 g/mol. The standard InChI is InChI=1S/C11H13N3O2S/c1-15-8-16-10-5-3-4-9(6-10)14-11(17-2)13-7-12/h3-6H,8H2,1-2H3,(H,13,14). The Hall–Kier alpha value is -1.71. The van der Waals surface area contributed by atoms with Crippen LogP contribution in [0.15, 0.2) is 29.3 Å². The molecule has 0 radical (unpaired) electrons. The smallest absolute Gasteiger partial charge is 0.188 e. The number of rotatable bonds is 4. The van der Waals surface area contributed by atoms with Gasteiger partial charge in [0.1, 0.15) is 5.75 Å². The summed E-state index contributed by atoms with van der Waals surface area (Å²) < 4.78 is 10.1. The molecule has 0 aliphatic rings. The third kappa shape index (κ3) is 4.76. The molecule has 0 fully saturated rings. The van der Waals surface area contributed by atoms with Gasteiger partial charge in [-0.15, -0.1) is 0 Å². The van der Waals surface area contributed by atoms with Gasteiger partial charge in [0.2, 0.25) is 0 Å². The first-order valence-electron chi connectivity index (χ1n) is 4.79. The Morgan fingerprint density at radius 1 is 1.59 bits per heavy atom. The number of aliphatic imine (C=N–C) groups is 1. The van der Waals surface area contributed by atoms with Gasteiger partial charge in [0.25, 0.3) is 0 Å². The maximum absolute atomic E-state index is 8.52. The van der Waals surface area contributed by atoms with Crippen molar-refractivity contribution in [3.63, 3.8) is 0 Å². The normalized spacial score (nSPS) is 10.8. The fraction of sp³-hybridized carbons (Fsp3) is 0.273. The molecule has 0 bridgehead atoms. The van der Waals surface area contributed by atoms with E-state index in [1.165, 1.54) is 11.8 Å². The minimum Gasteiger partial charge on any atom is -0.467 e. The quantitative estimate of drug-likeness (QED) is 0.292. The summed E-state index contributed by atoms with van der Waals surface area (Å²) in [6, 6.07) is 7.24. The molecule has 1 rings (SSSR count). The van der Waals surface area contributed by atoms with Gasteiger partial charge in [0, 0.05) is 13.2 Å². The van der Waals surface area contributed by atoms with E-state index in [1.807, 2.05) is 30.6 Å². The zero-order valence-electron chi connectivity index (χ0n) is 9.64. The number of thioether (sulfide) groups is 1. The van der Waals surface area contributed by atoms with Crippen LogP contribution in [-0.4, -0.2) is 25.3 Å². The lowest BCUT2D eigenvalue weighted by molar-refractivity contribution is 0.0512. The number of amidine groups is 1. The van der Waals surface area contributed by atoms with E-state index >= 15 is 0 Å². The van der Waals surface area contributed by atoms with Crippen molar-refractivity contribution in [2.75, 3.05) is 20.2 Å². The van der Waals surface area contributed by atoms with Crippen LogP contribution in [-0.2, 0) is 4.74 Å². The number of nitrogens with zero attached hydrogens (tertiary/aromatic N) is 2. The molecule has 5 nitrogen and oxygen atoms in total. The van der Waals surface area contributed by atoms with E-state index in [9.17, 15) is 0 Å². The minimum absolute atomic E-state index is 0.193. The van der Waals surface area contributed by atoms with Crippen molar-refractivity contribution in [2.45, 2.75) is 0 Å². The zero-order chi connectivity index (χ0) is 12.5. The van der Waals surface area contributed by atoms with Crippen molar-refractivity contribution in [1.29, 1.82) is 5.26 Å². The second-order valence-electron chi connectivity index (χ2n) is 2.91. The van der Waals surface area contributed by atoms with Crippen LogP contribution in [0.4, 0.5) is 5.69 Å². The third-order valence-electron chi connectivity index (χ3n) is 1.75. The Kier molecular flexibility index (Phi) is 5.93. The Labute approximate surface area is 104 Å². The van der Waals surface area contributed by atoms with Crippen LogP contribution in [0.5, 0.6) is 5.75 Å². The van der Waals surface area contributed by atoms with Gasteiger partial charge in [0.05, 0.1) is 5.69 Å². The first kappa shape index (κ1) is 13.4. The highest BCUT2D eigenvalue weighted by Crippen LogP contribution is 2.20. The maximum atomic E-state index is 8.52. The zero-order valence-corrected chi connectivity index (χ0v) is 10.5. The van der Waals surface area contributed by atoms with Gasteiger partial charge in [-0.25, -0.2) is 4.99 Å². The molecule has 0 aliphatic carbocycles. The number of nitriles is 1. The topological polar surface area (TPSA) is 66.6 Å². The van der Waals surface area contributed by atoms with Crippen molar-refractivity contribution in [1.82, 2.24) is 5.32 Å². The van der Waals surface area contributed by atoms with Gasteiger partial charge >= 0.3 is 0 Å². The Balaban J connectivity index is 2.80. The summed E-state index contributed by atoms with van der Waals surface area (Å²) in [4.78, 5) is 4.26. The Bertz CT molecular complexity index is 429. The van der Waals surface area contributed by atoms with E-state index in [1.54, 1.807) is 13.2 Å². The summed E-state index contributed by atoms with van der Waals surface area (Å²) in [5.41, 5.74) is 0.714. The second-order valence-corrected chi connectivity index (χ2v) is 3.70. The molecule has 0 aliphatic heterocycles. The molecule has 0 aromatic heterocycles. The summed E-state index contributed by atoms with van der Waals surface area (Å²) >= 11 is 1.36. The van der Waals surface area contributed by atoms with Crippen molar-refractivity contribution >= 4 is 22.6 Å². The van der Waals surface area contributed by atoms with E-state index in [0.29, 0.717) is 16.6 Å². The molecule has 90 valence electrons. The van der Waals surface area contributed by atoms with Gasteiger partial charge in [-0.1, -0.05) is 17.8 Å². The molecule has 0 saturated carbocycles. The molecule has 1 N–H and O–H groups in total. The Morgan fingerprint density at radius 2 is 2.41 bits per heavy atom. The molecule has 0 spiro atoms. The van der Waals surface area contributed by atoms with Crippen LogP contribution in [0.2, 0.25) is 0 Å². The van der Waals surface area contributed by atoms with E-state index in [0.717, 1.165) is 0 Å². The third-order valence-corrected chi connectivity index (χ3v) is 2.33. The summed E-state index contributed by atoms with van der Waals surface area (Å²) in [5.74, 6) is 0.672. The van der Waals surface area contributed by atoms with Crippen molar-refractivity contribution < 1.29 is 9.47 Å². The van der Waals surface area contributed by atoms with Crippen LogP contribution in [0.25, 0.3) is 0 Å². The molecule has 0 saturated heterocycles. The van der Waals surface area contributed by atoms with Crippen LogP contribution in [0.1, 0.15) is 0 Å². The highest BCUT2D eigenvalue weighted by atomic mass is 32.2. The summed E-state index contributed by atoms with van der Waals surface area (Å²) in [5, 5.41) is 11.6. The van der Waals surface area contributed by atoms with Crippen LogP contribution >= 0.6 is 11.8 Å². The SMILES string of the molecule is COCOc1cccc(N=C(NC#N)SC)c1. The highest BCUT2D eigenvalue weighted by molar-refractivity contribution is 8.13. The predicted molar refractivity (Wildman–Crippen MR) is 68.3 cm³/mol. The molecule has 0 heterocycles. The second kappa shape index (κ2) is 7.54. The average molecular weight is 251 g/mol. The molecule has 1 aromatic rings. The van der Waals surface area contributed by atoms with Crippen molar-refractivity contribution in [2.24, 2.45) is 4.99 Å². The monoisotopic (exact) mass is 251 g/mol. The van der Waals surface area contributed by atoms with Gasteiger partial charge in [-0.2, -0.15) is 5.26 Å². The number of hydrogen-bond donors (Lipinski definition) is 1. The van der Waals surface area contributed by atoms with E-state index in [2.05, 4.69) is 10.3 Å². The van der Waals surface area contributed by atoms with Crippen molar-refractivity contribution in [3.05, 3.63) is 24.3 Å². The van der Waals surface area contributed by atoms with Crippen LogP contribution in [0, 0.1) is 11.5 Å².